The number of para-hydroxylation sites is 1. The Labute approximate surface area is 209 Å². The van der Waals surface area contributed by atoms with Crippen molar-refractivity contribution >= 4 is 22.7 Å². The van der Waals surface area contributed by atoms with Crippen molar-refractivity contribution < 1.29 is 18.7 Å². The number of esters is 1. The van der Waals surface area contributed by atoms with E-state index in [1.54, 1.807) is 31.2 Å². The van der Waals surface area contributed by atoms with Crippen LogP contribution in [0.2, 0.25) is 0 Å². The van der Waals surface area contributed by atoms with Gasteiger partial charge in [-0.3, -0.25) is 9.59 Å². The molecular weight excluding hydrogens is 454 g/mol. The average molecular weight is 484 g/mol. The molecule has 1 aliphatic heterocycles. The topological polar surface area (TPSA) is 85.6 Å². The second-order valence-electron chi connectivity index (χ2n) is 10.3. The summed E-state index contributed by atoms with van der Waals surface area (Å²) >= 11 is 0. The molecule has 0 unspecified atom stereocenters. The minimum absolute atomic E-state index is 0.0756. The van der Waals surface area contributed by atoms with Crippen LogP contribution >= 0.6 is 0 Å². The van der Waals surface area contributed by atoms with Gasteiger partial charge in [-0.2, -0.15) is 0 Å². The van der Waals surface area contributed by atoms with Gasteiger partial charge in [0.2, 0.25) is 0 Å². The van der Waals surface area contributed by atoms with E-state index in [4.69, 9.17) is 9.15 Å². The Bertz CT molecular complexity index is 1480. The summed E-state index contributed by atoms with van der Waals surface area (Å²) in [4.78, 5) is 40.6. The highest BCUT2D eigenvalue weighted by atomic mass is 16.5. The number of hydrogen-bond acceptors (Lipinski definition) is 6. The number of benzene rings is 2. The quantitative estimate of drug-likeness (QED) is 0.503. The van der Waals surface area contributed by atoms with Crippen LogP contribution in [-0.2, 0) is 20.7 Å². The van der Waals surface area contributed by atoms with Gasteiger partial charge in [-0.25, -0.2) is 4.79 Å². The van der Waals surface area contributed by atoms with E-state index in [1.807, 2.05) is 44.2 Å². The maximum Gasteiger partial charge on any atom is 0.336 e. The minimum atomic E-state index is -0.852. The lowest BCUT2D eigenvalue weighted by Gasteiger charge is -2.39. The first-order valence-corrected chi connectivity index (χ1v) is 12.2. The SMILES string of the molecule is CC1=C(C(=O)OCCc2ccccc2)[C@@H](c2coc3ccccc3c2=O)C2=C(CC(C)(C)CC2=O)N1. The third-order valence-electron chi connectivity index (χ3n) is 6.94. The van der Waals surface area contributed by atoms with E-state index < -0.39 is 11.9 Å². The summed E-state index contributed by atoms with van der Waals surface area (Å²) in [7, 11) is 0. The summed E-state index contributed by atoms with van der Waals surface area (Å²) in [6, 6.07) is 16.7. The van der Waals surface area contributed by atoms with Crippen molar-refractivity contribution in [2.75, 3.05) is 6.61 Å². The van der Waals surface area contributed by atoms with Crippen molar-refractivity contribution in [3.05, 3.63) is 105 Å². The van der Waals surface area contributed by atoms with Crippen LogP contribution in [-0.4, -0.2) is 18.4 Å². The van der Waals surface area contributed by atoms with E-state index in [0.717, 1.165) is 11.3 Å². The van der Waals surface area contributed by atoms with Crippen LogP contribution in [0.5, 0.6) is 0 Å². The Kier molecular flexibility index (Phi) is 6.12. The van der Waals surface area contributed by atoms with Crippen LogP contribution < -0.4 is 10.7 Å². The zero-order valence-corrected chi connectivity index (χ0v) is 20.7. The highest BCUT2D eigenvalue weighted by Crippen LogP contribution is 2.46. The molecule has 0 radical (unpaired) electrons. The second kappa shape index (κ2) is 9.26. The number of carbonyl (C=O) groups is 2. The number of carbonyl (C=O) groups excluding carboxylic acids is 2. The fraction of sp³-hybridized carbons (Fsp3) is 0.300. The first-order valence-electron chi connectivity index (χ1n) is 12.2. The van der Waals surface area contributed by atoms with Crippen LogP contribution in [0.15, 0.2) is 92.6 Å². The lowest BCUT2D eigenvalue weighted by atomic mass is 9.68. The molecule has 2 aromatic carbocycles. The zero-order chi connectivity index (χ0) is 25.4. The summed E-state index contributed by atoms with van der Waals surface area (Å²) in [5.41, 5.74) is 3.37. The van der Waals surface area contributed by atoms with E-state index in [2.05, 4.69) is 5.32 Å². The van der Waals surface area contributed by atoms with Crippen molar-refractivity contribution in [1.82, 2.24) is 5.32 Å². The number of Topliss-reactive ketones (excluding diaryl/α,β-unsaturated/α-hetero) is 1. The first-order chi connectivity index (χ1) is 17.2. The van der Waals surface area contributed by atoms with Gasteiger partial charge in [0, 0.05) is 35.4 Å². The van der Waals surface area contributed by atoms with Crippen molar-refractivity contribution in [2.45, 2.75) is 46.0 Å². The number of rotatable bonds is 5. The highest BCUT2D eigenvalue weighted by molar-refractivity contribution is 6.04. The Hall–Kier alpha value is -3.93. The Morgan fingerprint density at radius 2 is 1.78 bits per heavy atom. The standard InChI is InChI=1S/C30H29NO5/c1-18-25(29(34)35-14-13-19-9-5-4-6-10-19)26(27-22(31-18)15-30(2,3)16-23(27)32)21-17-36-24-12-8-7-11-20(24)28(21)33/h4-12,17,26,31H,13-16H2,1-3H3/t26-/m1/s1. The molecule has 0 bridgehead atoms. The number of nitrogens with one attached hydrogen (secondary N) is 1. The summed E-state index contributed by atoms with van der Waals surface area (Å²) in [6.07, 6.45) is 2.93. The summed E-state index contributed by atoms with van der Waals surface area (Å²) in [6.45, 7) is 6.06. The zero-order valence-electron chi connectivity index (χ0n) is 20.7. The fourth-order valence-corrected chi connectivity index (χ4v) is 5.29. The number of ether oxygens (including phenoxy) is 1. The molecule has 184 valence electrons. The molecule has 6 heteroatoms. The fourth-order valence-electron chi connectivity index (χ4n) is 5.29. The summed E-state index contributed by atoms with van der Waals surface area (Å²) < 4.78 is 11.5. The molecule has 2 heterocycles. The van der Waals surface area contributed by atoms with Crippen LogP contribution in [0.25, 0.3) is 11.0 Å². The number of hydrogen-bond donors (Lipinski definition) is 1. The molecule has 0 amide bonds. The van der Waals surface area contributed by atoms with E-state index in [9.17, 15) is 14.4 Å². The predicted molar refractivity (Wildman–Crippen MR) is 137 cm³/mol. The van der Waals surface area contributed by atoms with Crippen LogP contribution in [0, 0.1) is 5.41 Å². The molecule has 0 fully saturated rings. The predicted octanol–water partition coefficient (Wildman–Crippen LogP) is 5.18. The monoisotopic (exact) mass is 483 g/mol. The maximum absolute atomic E-state index is 13.6. The maximum atomic E-state index is 13.6. The first kappa shape index (κ1) is 23.8. The van der Waals surface area contributed by atoms with Crippen LogP contribution in [0.1, 0.15) is 50.7 Å². The molecule has 2 aliphatic rings. The normalized spacial score (nSPS) is 19.2. The van der Waals surface area contributed by atoms with Gasteiger partial charge in [0.25, 0.3) is 0 Å². The van der Waals surface area contributed by atoms with Gasteiger partial charge < -0.3 is 14.5 Å². The van der Waals surface area contributed by atoms with Crippen molar-refractivity contribution in [1.29, 1.82) is 0 Å². The molecule has 1 atom stereocenters. The van der Waals surface area contributed by atoms with Gasteiger partial charge in [-0.05, 0) is 36.5 Å². The molecule has 1 N–H and O–H groups in total. The number of allylic oxidation sites excluding steroid dienone is 3. The van der Waals surface area contributed by atoms with Crippen LogP contribution in [0.3, 0.4) is 0 Å². The van der Waals surface area contributed by atoms with Crippen molar-refractivity contribution in [3.8, 4) is 0 Å². The van der Waals surface area contributed by atoms with E-state index in [-0.39, 0.29) is 34.4 Å². The average Bonchev–Trinajstić information content (AvgIpc) is 2.83. The van der Waals surface area contributed by atoms with E-state index in [1.165, 1.54) is 6.26 Å². The van der Waals surface area contributed by atoms with Crippen LogP contribution in [0.4, 0.5) is 0 Å². The molecule has 5 rings (SSSR count). The third-order valence-corrected chi connectivity index (χ3v) is 6.94. The Morgan fingerprint density at radius 1 is 1.06 bits per heavy atom. The molecule has 0 spiro atoms. The van der Waals surface area contributed by atoms with Gasteiger partial charge in [0.1, 0.15) is 5.58 Å². The minimum Gasteiger partial charge on any atom is -0.464 e. The number of ketones is 1. The number of fused-ring (bicyclic) bond motifs is 1. The van der Waals surface area contributed by atoms with Gasteiger partial charge in [-0.1, -0.05) is 56.3 Å². The highest BCUT2D eigenvalue weighted by Gasteiger charge is 2.44. The number of dihydropyridines is 1. The molecule has 1 aliphatic carbocycles. The van der Waals surface area contributed by atoms with Crippen molar-refractivity contribution in [3.63, 3.8) is 0 Å². The lowest BCUT2D eigenvalue weighted by Crippen LogP contribution is -2.39. The van der Waals surface area contributed by atoms with Gasteiger partial charge >= 0.3 is 5.97 Å². The Morgan fingerprint density at radius 3 is 2.56 bits per heavy atom. The molecule has 1 aromatic heterocycles. The molecule has 3 aromatic rings. The van der Waals surface area contributed by atoms with Gasteiger partial charge in [0.15, 0.2) is 11.2 Å². The second-order valence-corrected chi connectivity index (χ2v) is 10.3. The summed E-state index contributed by atoms with van der Waals surface area (Å²) in [5.74, 6) is -1.47. The van der Waals surface area contributed by atoms with E-state index in [0.29, 0.717) is 41.5 Å². The van der Waals surface area contributed by atoms with E-state index >= 15 is 0 Å². The molecule has 6 nitrogen and oxygen atoms in total. The van der Waals surface area contributed by atoms with Gasteiger partial charge in [0.05, 0.1) is 29.7 Å². The molecule has 0 saturated carbocycles. The molecule has 36 heavy (non-hydrogen) atoms. The third kappa shape index (κ3) is 4.39. The summed E-state index contributed by atoms with van der Waals surface area (Å²) in [5, 5.41) is 3.72. The molecule has 0 saturated heterocycles. The van der Waals surface area contributed by atoms with Gasteiger partial charge in [-0.15, -0.1) is 0 Å². The largest absolute Gasteiger partial charge is 0.464 e. The lowest BCUT2D eigenvalue weighted by molar-refractivity contribution is -0.139. The molecular formula is C30H29NO5. The smallest absolute Gasteiger partial charge is 0.336 e. The Balaban J connectivity index is 1.57. The van der Waals surface area contributed by atoms with Crippen molar-refractivity contribution in [2.24, 2.45) is 5.41 Å².